The molecule has 0 saturated heterocycles. The minimum Gasteiger partial charge on any atom is -0.267 e. The molecule has 0 atom stereocenters. The van der Waals surface area contributed by atoms with E-state index < -0.39 is 9.84 Å². The Morgan fingerprint density at radius 3 is 2.67 bits per heavy atom. The van der Waals surface area contributed by atoms with Crippen molar-refractivity contribution < 1.29 is 8.42 Å². The van der Waals surface area contributed by atoms with Crippen LogP contribution in [0.15, 0.2) is 17.7 Å². The lowest BCUT2D eigenvalue weighted by Crippen LogP contribution is -2.14. The van der Waals surface area contributed by atoms with Gasteiger partial charge in [-0.2, -0.15) is 10.2 Å². The first-order valence-corrected chi connectivity index (χ1v) is 7.25. The predicted octanol–water partition coefficient (Wildman–Crippen LogP) is 0.659. The fourth-order valence-electron chi connectivity index (χ4n) is 1.62. The molecule has 0 aliphatic rings. The van der Waals surface area contributed by atoms with Crippen LogP contribution in [0.2, 0.25) is 5.02 Å². The van der Waals surface area contributed by atoms with E-state index >= 15 is 0 Å². The molecule has 0 amide bonds. The monoisotopic (exact) mass is 289 g/mol. The molecule has 0 spiro atoms. The minimum absolute atomic E-state index is 0.0811. The fourth-order valence-corrected chi connectivity index (χ4v) is 3.35. The lowest BCUT2D eigenvalue weighted by molar-refractivity contribution is 0.562. The van der Waals surface area contributed by atoms with Crippen LogP contribution in [-0.2, 0) is 29.2 Å². The first kappa shape index (κ1) is 13.0. The Morgan fingerprint density at radius 1 is 1.39 bits per heavy atom. The van der Waals surface area contributed by atoms with E-state index in [0.29, 0.717) is 17.3 Å². The maximum absolute atomic E-state index is 12.2. The molecule has 2 rings (SSSR count). The average molecular weight is 290 g/mol. The summed E-state index contributed by atoms with van der Waals surface area (Å²) in [5.41, 5.74) is 0.460. The molecule has 2 aromatic heterocycles. The SMILES string of the molecule is CCn1ncc(Cl)c1CS(=O)(=O)c1ncnn1C. The summed E-state index contributed by atoms with van der Waals surface area (Å²) >= 11 is 5.94. The highest BCUT2D eigenvalue weighted by Crippen LogP contribution is 2.20. The normalized spacial score (nSPS) is 11.9. The highest BCUT2D eigenvalue weighted by Gasteiger charge is 2.24. The number of halogens is 1. The van der Waals surface area contributed by atoms with E-state index in [4.69, 9.17) is 11.6 Å². The molecule has 7 nitrogen and oxygen atoms in total. The summed E-state index contributed by atoms with van der Waals surface area (Å²) < 4.78 is 27.1. The molecule has 0 saturated carbocycles. The number of sulfone groups is 1. The topological polar surface area (TPSA) is 82.7 Å². The van der Waals surface area contributed by atoms with E-state index in [0.717, 1.165) is 0 Å². The summed E-state index contributed by atoms with van der Waals surface area (Å²) in [6, 6.07) is 0. The molecular weight excluding hydrogens is 278 g/mol. The lowest BCUT2D eigenvalue weighted by Gasteiger charge is -2.06. The third-order valence-electron chi connectivity index (χ3n) is 2.47. The summed E-state index contributed by atoms with van der Waals surface area (Å²) in [5, 5.41) is 8.00. The van der Waals surface area contributed by atoms with Crippen molar-refractivity contribution in [3.8, 4) is 0 Å². The van der Waals surface area contributed by atoms with Crippen LogP contribution in [0.4, 0.5) is 0 Å². The van der Waals surface area contributed by atoms with E-state index in [1.807, 2.05) is 6.92 Å². The first-order valence-electron chi connectivity index (χ1n) is 5.22. The van der Waals surface area contributed by atoms with Crippen molar-refractivity contribution in [2.75, 3.05) is 0 Å². The molecule has 0 N–H and O–H groups in total. The molecule has 0 radical (unpaired) electrons. The standard InChI is InChI=1S/C9H12ClN5O2S/c1-3-15-8(7(10)4-12-15)5-18(16,17)9-11-6-13-14(9)2/h4,6H,3,5H2,1-2H3. The Morgan fingerprint density at radius 2 is 2.11 bits per heavy atom. The number of rotatable bonds is 4. The van der Waals surface area contributed by atoms with Gasteiger partial charge in [0.15, 0.2) is 0 Å². The van der Waals surface area contributed by atoms with Gasteiger partial charge < -0.3 is 0 Å². The Kier molecular flexibility index (Phi) is 3.40. The molecular formula is C9H12ClN5O2S. The van der Waals surface area contributed by atoms with Crippen LogP contribution >= 0.6 is 11.6 Å². The summed E-state index contributed by atoms with van der Waals surface area (Å²) in [5.74, 6) is -0.244. The maximum Gasteiger partial charge on any atom is 0.245 e. The predicted molar refractivity (Wildman–Crippen MR) is 64.8 cm³/mol. The number of nitrogens with zero attached hydrogens (tertiary/aromatic N) is 5. The van der Waals surface area contributed by atoms with Crippen molar-refractivity contribution >= 4 is 21.4 Å². The molecule has 18 heavy (non-hydrogen) atoms. The van der Waals surface area contributed by atoms with Gasteiger partial charge in [0, 0.05) is 13.6 Å². The Hall–Kier alpha value is -1.41. The van der Waals surface area contributed by atoms with Crippen LogP contribution in [0.1, 0.15) is 12.6 Å². The van der Waals surface area contributed by atoms with Crippen molar-refractivity contribution in [1.82, 2.24) is 24.5 Å². The highest BCUT2D eigenvalue weighted by atomic mass is 35.5. The van der Waals surface area contributed by atoms with Crippen LogP contribution in [0.5, 0.6) is 0 Å². The second-order valence-corrected chi connectivity index (χ2v) is 5.97. The van der Waals surface area contributed by atoms with Gasteiger partial charge in [0.05, 0.1) is 16.9 Å². The third-order valence-corrected chi connectivity index (χ3v) is 4.37. The molecule has 2 aromatic rings. The third kappa shape index (κ3) is 2.25. The number of aryl methyl sites for hydroxylation is 2. The van der Waals surface area contributed by atoms with Gasteiger partial charge in [-0.1, -0.05) is 11.6 Å². The molecule has 0 fully saturated rings. The van der Waals surface area contributed by atoms with E-state index in [-0.39, 0.29) is 10.9 Å². The molecule has 2 heterocycles. The summed E-state index contributed by atoms with van der Waals surface area (Å²) in [4.78, 5) is 3.74. The summed E-state index contributed by atoms with van der Waals surface area (Å²) in [7, 11) is -2.06. The zero-order valence-electron chi connectivity index (χ0n) is 9.91. The van der Waals surface area contributed by atoms with Crippen LogP contribution in [0, 0.1) is 0 Å². The second kappa shape index (κ2) is 4.69. The van der Waals surface area contributed by atoms with Gasteiger partial charge in [0.2, 0.25) is 15.0 Å². The average Bonchev–Trinajstić information content (AvgIpc) is 2.87. The van der Waals surface area contributed by atoms with Crippen molar-refractivity contribution in [2.24, 2.45) is 7.05 Å². The van der Waals surface area contributed by atoms with Gasteiger partial charge in [-0.25, -0.2) is 18.1 Å². The maximum atomic E-state index is 12.2. The summed E-state index contributed by atoms with van der Waals surface area (Å²) in [6.07, 6.45) is 2.64. The van der Waals surface area contributed by atoms with Gasteiger partial charge >= 0.3 is 0 Å². The van der Waals surface area contributed by atoms with Gasteiger partial charge in [0.25, 0.3) is 0 Å². The smallest absolute Gasteiger partial charge is 0.245 e. The van der Waals surface area contributed by atoms with Crippen LogP contribution in [-0.4, -0.2) is 33.0 Å². The van der Waals surface area contributed by atoms with Crippen LogP contribution in [0.3, 0.4) is 0 Å². The fraction of sp³-hybridized carbons (Fsp3) is 0.444. The molecule has 0 aromatic carbocycles. The van der Waals surface area contributed by atoms with Crippen LogP contribution < -0.4 is 0 Å². The first-order chi connectivity index (χ1) is 8.45. The number of hydrogen-bond acceptors (Lipinski definition) is 5. The molecule has 0 aliphatic heterocycles. The quantitative estimate of drug-likeness (QED) is 0.826. The van der Waals surface area contributed by atoms with E-state index in [2.05, 4.69) is 15.2 Å². The zero-order valence-corrected chi connectivity index (χ0v) is 11.5. The Bertz CT molecular complexity index is 660. The Balaban J connectivity index is 2.40. The van der Waals surface area contributed by atoms with E-state index in [9.17, 15) is 8.42 Å². The number of hydrogen-bond donors (Lipinski definition) is 0. The minimum atomic E-state index is -3.58. The lowest BCUT2D eigenvalue weighted by atomic mass is 10.5. The van der Waals surface area contributed by atoms with E-state index in [1.54, 1.807) is 4.68 Å². The Labute approximate surface area is 109 Å². The highest BCUT2D eigenvalue weighted by molar-refractivity contribution is 7.90. The van der Waals surface area contributed by atoms with Gasteiger partial charge in [-0.05, 0) is 6.92 Å². The molecule has 0 bridgehead atoms. The molecule has 0 unspecified atom stereocenters. The van der Waals surface area contributed by atoms with Gasteiger partial charge in [0.1, 0.15) is 12.1 Å². The van der Waals surface area contributed by atoms with Crippen molar-refractivity contribution in [3.05, 3.63) is 23.2 Å². The van der Waals surface area contributed by atoms with Gasteiger partial charge in [-0.3, -0.25) is 4.68 Å². The van der Waals surface area contributed by atoms with Crippen molar-refractivity contribution in [1.29, 1.82) is 0 Å². The van der Waals surface area contributed by atoms with Gasteiger partial charge in [-0.15, -0.1) is 0 Å². The second-order valence-electron chi connectivity index (χ2n) is 3.68. The number of aromatic nitrogens is 5. The van der Waals surface area contributed by atoms with E-state index in [1.165, 1.54) is 24.3 Å². The largest absolute Gasteiger partial charge is 0.267 e. The van der Waals surface area contributed by atoms with Crippen molar-refractivity contribution in [2.45, 2.75) is 24.4 Å². The molecule has 0 aliphatic carbocycles. The summed E-state index contributed by atoms with van der Waals surface area (Å²) in [6.45, 7) is 2.41. The zero-order chi connectivity index (χ0) is 13.3. The van der Waals surface area contributed by atoms with Crippen LogP contribution in [0.25, 0.3) is 0 Å². The van der Waals surface area contributed by atoms with Crippen molar-refractivity contribution in [3.63, 3.8) is 0 Å². The molecule has 98 valence electrons. The molecule has 9 heteroatoms.